The molecule has 0 radical (unpaired) electrons. The minimum Gasteiger partial charge on any atom is -0.339 e. The Balaban J connectivity index is 2.08. The van der Waals surface area contributed by atoms with Crippen molar-refractivity contribution < 1.29 is 18.0 Å². The van der Waals surface area contributed by atoms with Gasteiger partial charge in [-0.2, -0.15) is 0 Å². The van der Waals surface area contributed by atoms with Crippen LogP contribution in [-0.4, -0.2) is 30.4 Å². The highest BCUT2D eigenvalue weighted by atomic mass is 19.2. The topological polar surface area (TPSA) is 46.3 Å². The minimum absolute atomic E-state index is 0.416. The van der Waals surface area contributed by atoms with E-state index in [1.165, 1.54) is 4.90 Å². The van der Waals surface area contributed by atoms with Gasteiger partial charge in [-0.3, -0.25) is 4.79 Å². The number of carbonyl (C=O) groups excluding carboxylic acids is 1. The van der Waals surface area contributed by atoms with E-state index in [2.05, 4.69) is 0 Å². The Bertz CT molecular complexity index is 499. The van der Waals surface area contributed by atoms with Crippen LogP contribution in [0.15, 0.2) is 12.1 Å². The van der Waals surface area contributed by atoms with Crippen LogP contribution >= 0.6 is 0 Å². The zero-order chi connectivity index (χ0) is 14.7. The SMILES string of the molecule is NCCC1CCN(C(=O)c2ccc(F)c(F)c2F)CC1. The van der Waals surface area contributed by atoms with E-state index in [-0.39, 0.29) is 0 Å². The molecule has 1 heterocycles. The Labute approximate surface area is 115 Å². The molecule has 0 aliphatic carbocycles. The highest BCUT2D eigenvalue weighted by molar-refractivity contribution is 5.94. The molecule has 0 saturated carbocycles. The number of amides is 1. The van der Waals surface area contributed by atoms with Gasteiger partial charge in [0.15, 0.2) is 17.5 Å². The fraction of sp³-hybridized carbons (Fsp3) is 0.500. The second-order valence-corrected chi connectivity index (χ2v) is 5.04. The molecule has 1 aromatic carbocycles. The summed E-state index contributed by atoms with van der Waals surface area (Å²) in [6.07, 6.45) is 2.50. The average Bonchev–Trinajstić information content (AvgIpc) is 2.45. The predicted molar refractivity (Wildman–Crippen MR) is 68.6 cm³/mol. The van der Waals surface area contributed by atoms with Gasteiger partial charge in [-0.1, -0.05) is 0 Å². The van der Waals surface area contributed by atoms with Gasteiger partial charge < -0.3 is 10.6 Å². The molecule has 20 heavy (non-hydrogen) atoms. The molecule has 0 atom stereocenters. The Kier molecular flexibility index (Phi) is 4.65. The first kappa shape index (κ1) is 14.8. The quantitative estimate of drug-likeness (QED) is 0.867. The van der Waals surface area contributed by atoms with Crippen LogP contribution in [0.2, 0.25) is 0 Å². The number of halogens is 3. The molecule has 110 valence electrons. The summed E-state index contributed by atoms with van der Waals surface area (Å²) >= 11 is 0. The van der Waals surface area contributed by atoms with Crippen LogP contribution in [0, 0.1) is 23.4 Å². The van der Waals surface area contributed by atoms with Gasteiger partial charge in [-0.25, -0.2) is 13.2 Å². The molecule has 6 heteroatoms. The average molecular weight is 286 g/mol. The van der Waals surface area contributed by atoms with Gasteiger partial charge in [0.25, 0.3) is 5.91 Å². The number of hydrogen-bond donors (Lipinski definition) is 1. The van der Waals surface area contributed by atoms with Gasteiger partial charge in [0.05, 0.1) is 5.56 Å². The van der Waals surface area contributed by atoms with Gasteiger partial charge in [-0.05, 0) is 43.9 Å². The third kappa shape index (κ3) is 2.95. The molecule has 2 rings (SSSR count). The molecule has 0 spiro atoms. The molecule has 3 nitrogen and oxygen atoms in total. The van der Waals surface area contributed by atoms with E-state index in [0.29, 0.717) is 25.6 Å². The summed E-state index contributed by atoms with van der Waals surface area (Å²) in [6, 6.07) is 1.76. The fourth-order valence-corrected chi connectivity index (χ4v) is 2.52. The maximum atomic E-state index is 13.6. The number of nitrogens with zero attached hydrogens (tertiary/aromatic N) is 1. The van der Waals surface area contributed by atoms with E-state index >= 15 is 0 Å². The van der Waals surface area contributed by atoms with Crippen molar-refractivity contribution in [1.82, 2.24) is 4.90 Å². The Morgan fingerprint density at radius 1 is 1.20 bits per heavy atom. The van der Waals surface area contributed by atoms with Crippen molar-refractivity contribution in [3.8, 4) is 0 Å². The first-order chi connectivity index (χ1) is 9.54. The lowest BCUT2D eigenvalue weighted by atomic mass is 9.93. The standard InChI is InChI=1S/C14H17F3N2O/c15-11-2-1-10(12(16)13(11)17)14(20)19-7-4-9(3-6-18)5-8-19/h1-2,9H,3-8,18H2. The molecule has 1 saturated heterocycles. The van der Waals surface area contributed by atoms with E-state index in [0.717, 1.165) is 31.4 Å². The number of nitrogens with two attached hydrogens (primary N) is 1. The van der Waals surface area contributed by atoms with Crippen LogP contribution in [0.3, 0.4) is 0 Å². The number of piperidine rings is 1. The number of benzene rings is 1. The third-order valence-corrected chi connectivity index (χ3v) is 3.74. The number of carbonyl (C=O) groups is 1. The van der Waals surface area contributed by atoms with Crippen molar-refractivity contribution in [2.75, 3.05) is 19.6 Å². The van der Waals surface area contributed by atoms with Crippen LogP contribution in [0.1, 0.15) is 29.6 Å². The van der Waals surface area contributed by atoms with E-state index < -0.39 is 28.9 Å². The Hall–Kier alpha value is -1.56. The highest BCUT2D eigenvalue weighted by Gasteiger charge is 2.26. The molecule has 1 aliphatic rings. The van der Waals surface area contributed by atoms with Crippen molar-refractivity contribution >= 4 is 5.91 Å². The molecule has 0 unspecified atom stereocenters. The molecule has 1 fully saturated rings. The minimum atomic E-state index is -1.60. The van der Waals surface area contributed by atoms with Gasteiger partial charge in [0.1, 0.15) is 0 Å². The molecule has 0 bridgehead atoms. The normalized spacial score (nSPS) is 16.5. The van der Waals surface area contributed by atoms with Crippen LogP contribution < -0.4 is 5.73 Å². The van der Waals surface area contributed by atoms with E-state index in [1.807, 2.05) is 0 Å². The Morgan fingerprint density at radius 3 is 2.45 bits per heavy atom. The van der Waals surface area contributed by atoms with Crippen LogP contribution in [0.5, 0.6) is 0 Å². The van der Waals surface area contributed by atoms with Crippen LogP contribution in [0.25, 0.3) is 0 Å². The van der Waals surface area contributed by atoms with E-state index in [4.69, 9.17) is 5.73 Å². The van der Waals surface area contributed by atoms with Crippen molar-refractivity contribution in [2.45, 2.75) is 19.3 Å². The zero-order valence-electron chi connectivity index (χ0n) is 11.0. The molecule has 0 aromatic heterocycles. The molecule has 1 amide bonds. The van der Waals surface area contributed by atoms with Crippen molar-refractivity contribution in [1.29, 1.82) is 0 Å². The van der Waals surface area contributed by atoms with Crippen molar-refractivity contribution in [3.63, 3.8) is 0 Å². The van der Waals surface area contributed by atoms with Crippen LogP contribution in [0.4, 0.5) is 13.2 Å². The Morgan fingerprint density at radius 2 is 1.85 bits per heavy atom. The molecule has 1 aliphatic heterocycles. The number of rotatable bonds is 3. The molecular weight excluding hydrogens is 269 g/mol. The third-order valence-electron chi connectivity index (χ3n) is 3.74. The summed E-state index contributed by atoms with van der Waals surface area (Å²) in [7, 11) is 0. The second kappa shape index (κ2) is 6.26. The summed E-state index contributed by atoms with van der Waals surface area (Å²) in [5.41, 5.74) is 5.07. The maximum Gasteiger partial charge on any atom is 0.256 e. The number of likely N-dealkylation sites (tertiary alicyclic amines) is 1. The lowest BCUT2D eigenvalue weighted by Gasteiger charge is -2.32. The van der Waals surface area contributed by atoms with Crippen LogP contribution in [-0.2, 0) is 0 Å². The highest BCUT2D eigenvalue weighted by Crippen LogP contribution is 2.23. The second-order valence-electron chi connectivity index (χ2n) is 5.04. The molecule has 2 N–H and O–H groups in total. The largest absolute Gasteiger partial charge is 0.339 e. The monoisotopic (exact) mass is 286 g/mol. The van der Waals surface area contributed by atoms with Gasteiger partial charge in [0.2, 0.25) is 0 Å². The molecule has 1 aromatic rings. The van der Waals surface area contributed by atoms with Gasteiger partial charge >= 0.3 is 0 Å². The van der Waals surface area contributed by atoms with Gasteiger partial charge in [0, 0.05) is 13.1 Å². The lowest BCUT2D eigenvalue weighted by Crippen LogP contribution is -2.39. The zero-order valence-corrected chi connectivity index (χ0v) is 11.0. The summed E-state index contributed by atoms with van der Waals surface area (Å²) in [5.74, 6) is -4.43. The summed E-state index contributed by atoms with van der Waals surface area (Å²) in [5, 5.41) is 0. The van der Waals surface area contributed by atoms with E-state index in [9.17, 15) is 18.0 Å². The first-order valence-corrected chi connectivity index (χ1v) is 6.67. The maximum absolute atomic E-state index is 13.6. The summed E-state index contributed by atoms with van der Waals surface area (Å²) in [6.45, 7) is 1.58. The van der Waals surface area contributed by atoms with Gasteiger partial charge in [-0.15, -0.1) is 0 Å². The summed E-state index contributed by atoms with van der Waals surface area (Å²) < 4.78 is 39.6. The van der Waals surface area contributed by atoms with Crippen molar-refractivity contribution in [2.24, 2.45) is 11.7 Å². The smallest absolute Gasteiger partial charge is 0.256 e. The lowest BCUT2D eigenvalue weighted by molar-refractivity contribution is 0.0682. The molecular formula is C14H17F3N2O. The number of hydrogen-bond acceptors (Lipinski definition) is 2. The summed E-state index contributed by atoms with van der Waals surface area (Å²) in [4.78, 5) is 13.6. The fourth-order valence-electron chi connectivity index (χ4n) is 2.52. The first-order valence-electron chi connectivity index (χ1n) is 6.67. The van der Waals surface area contributed by atoms with E-state index in [1.54, 1.807) is 0 Å². The predicted octanol–water partition coefficient (Wildman–Crippen LogP) is 2.30. The van der Waals surface area contributed by atoms with Crippen molar-refractivity contribution in [3.05, 3.63) is 35.1 Å².